The Labute approximate surface area is 118 Å². The molecule has 0 unspecified atom stereocenters. The van der Waals surface area contributed by atoms with Crippen LogP contribution in [0, 0.1) is 11.6 Å². The highest BCUT2D eigenvalue weighted by molar-refractivity contribution is 7.90. The van der Waals surface area contributed by atoms with Crippen LogP contribution in [0.3, 0.4) is 0 Å². The fraction of sp³-hybridized carbons (Fsp3) is 0.0909. The van der Waals surface area contributed by atoms with E-state index in [1.807, 2.05) is 0 Å². The average Bonchev–Trinajstić information content (AvgIpc) is 2.33. The largest absolute Gasteiger partial charge is 0.449 e. The third-order valence-electron chi connectivity index (χ3n) is 2.13. The van der Waals surface area contributed by atoms with E-state index in [0.29, 0.717) is 6.07 Å². The van der Waals surface area contributed by atoms with E-state index in [-0.39, 0.29) is 16.7 Å². The lowest BCUT2D eigenvalue weighted by Gasteiger charge is -2.08. The Morgan fingerprint density at radius 1 is 1.25 bits per heavy atom. The summed E-state index contributed by atoms with van der Waals surface area (Å²) in [6.45, 7) is 0. The molecule has 2 rings (SSSR count). The number of hydrogen-bond acceptors (Lipinski definition) is 5. The maximum atomic E-state index is 13.4. The van der Waals surface area contributed by atoms with Gasteiger partial charge in [-0.25, -0.2) is 27.2 Å². The molecule has 20 heavy (non-hydrogen) atoms. The van der Waals surface area contributed by atoms with Gasteiger partial charge in [0.2, 0.25) is 15.0 Å². The van der Waals surface area contributed by atoms with Crippen LogP contribution >= 0.6 is 11.6 Å². The lowest BCUT2D eigenvalue weighted by Crippen LogP contribution is -2.04. The maximum Gasteiger partial charge on any atom is 0.248 e. The first-order valence-corrected chi connectivity index (χ1v) is 7.40. The molecular weight excluding hydrogens is 314 g/mol. The molecule has 2 aromatic rings. The Morgan fingerprint density at radius 2 is 1.95 bits per heavy atom. The monoisotopic (exact) mass is 320 g/mol. The molecule has 5 nitrogen and oxygen atoms in total. The van der Waals surface area contributed by atoms with Crippen LogP contribution in [-0.4, -0.2) is 24.6 Å². The van der Waals surface area contributed by atoms with Crippen molar-refractivity contribution in [1.82, 2.24) is 9.97 Å². The van der Waals surface area contributed by atoms with Crippen molar-refractivity contribution >= 4 is 21.4 Å². The summed E-state index contributed by atoms with van der Waals surface area (Å²) in [7, 11) is -3.61. The molecule has 0 saturated carbocycles. The van der Waals surface area contributed by atoms with E-state index in [0.717, 1.165) is 24.6 Å². The molecule has 106 valence electrons. The first-order chi connectivity index (χ1) is 9.27. The minimum Gasteiger partial charge on any atom is -0.449 e. The zero-order chi connectivity index (χ0) is 14.9. The first-order valence-electron chi connectivity index (χ1n) is 5.13. The number of benzene rings is 1. The Kier molecular flexibility index (Phi) is 3.87. The van der Waals surface area contributed by atoms with E-state index >= 15 is 0 Å². The van der Waals surface area contributed by atoms with Gasteiger partial charge in [-0.15, -0.1) is 0 Å². The predicted molar refractivity (Wildman–Crippen MR) is 66.6 cm³/mol. The van der Waals surface area contributed by atoms with Crippen molar-refractivity contribution in [2.45, 2.75) is 5.16 Å². The van der Waals surface area contributed by atoms with Gasteiger partial charge >= 0.3 is 0 Å². The Balaban J connectivity index is 2.35. The van der Waals surface area contributed by atoms with Gasteiger partial charge in [0, 0.05) is 12.3 Å². The molecule has 0 aliphatic rings. The molecule has 0 amide bonds. The molecule has 9 heteroatoms. The first kappa shape index (κ1) is 14.6. The van der Waals surface area contributed by atoms with Gasteiger partial charge in [0.05, 0.1) is 6.20 Å². The lowest BCUT2D eigenvalue weighted by atomic mass is 10.3. The van der Waals surface area contributed by atoms with E-state index in [1.165, 1.54) is 0 Å². The van der Waals surface area contributed by atoms with Crippen molar-refractivity contribution in [3.05, 3.63) is 41.2 Å². The summed E-state index contributed by atoms with van der Waals surface area (Å²) in [6.07, 6.45) is 1.91. The zero-order valence-corrected chi connectivity index (χ0v) is 11.5. The molecule has 0 bridgehead atoms. The summed E-state index contributed by atoms with van der Waals surface area (Å²) in [5.74, 6) is -2.13. The number of halogens is 3. The third kappa shape index (κ3) is 3.20. The fourth-order valence-electron chi connectivity index (χ4n) is 1.26. The van der Waals surface area contributed by atoms with Crippen molar-refractivity contribution in [1.29, 1.82) is 0 Å². The highest BCUT2D eigenvalue weighted by Gasteiger charge is 2.16. The molecule has 1 heterocycles. The second-order valence-corrected chi connectivity index (χ2v) is 6.02. The molecule has 0 fully saturated rings. The second-order valence-electron chi connectivity index (χ2n) is 3.76. The van der Waals surface area contributed by atoms with Crippen LogP contribution < -0.4 is 4.74 Å². The van der Waals surface area contributed by atoms with Crippen molar-refractivity contribution in [3.63, 3.8) is 0 Å². The van der Waals surface area contributed by atoms with E-state index in [9.17, 15) is 17.2 Å². The van der Waals surface area contributed by atoms with Crippen LogP contribution in [0.2, 0.25) is 5.15 Å². The van der Waals surface area contributed by atoms with Gasteiger partial charge in [0.15, 0.2) is 22.5 Å². The summed E-state index contributed by atoms with van der Waals surface area (Å²) in [5, 5.41) is -0.779. The summed E-state index contributed by atoms with van der Waals surface area (Å²) in [6, 6.07) is 2.69. The van der Waals surface area contributed by atoms with Gasteiger partial charge in [0.1, 0.15) is 5.82 Å². The molecular formula is C11H7ClF2N2O3S. The number of rotatable bonds is 3. The van der Waals surface area contributed by atoms with E-state index < -0.39 is 26.6 Å². The van der Waals surface area contributed by atoms with Crippen LogP contribution in [0.15, 0.2) is 29.6 Å². The van der Waals surface area contributed by atoms with Gasteiger partial charge < -0.3 is 4.74 Å². The van der Waals surface area contributed by atoms with Crippen LogP contribution in [0.1, 0.15) is 0 Å². The summed E-state index contributed by atoms with van der Waals surface area (Å²) in [4.78, 5) is 7.08. The number of ether oxygens (including phenoxy) is 1. The van der Waals surface area contributed by atoms with Crippen molar-refractivity contribution in [2.24, 2.45) is 0 Å². The molecule has 1 aromatic carbocycles. The van der Waals surface area contributed by atoms with Gasteiger partial charge in [-0.3, -0.25) is 0 Å². The van der Waals surface area contributed by atoms with Gasteiger partial charge in [-0.1, -0.05) is 11.6 Å². The molecule has 0 aliphatic carbocycles. The quantitative estimate of drug-likeness (QED) is 0.642. The van der Waals surface area contributed by atoms with Crippen molar-refractivity contribution in [2.75, 3.05) is 6.26 Å². The van der Waals surface area contributed by atoms with Gasteiger partial charge in [-0.05, 0) is 12.1 Å². The molecule has 0 saturated heterocycles. The third-order valence-corrected chi connectivity index (χ3v) is 3.27. The number of aromatic nitrogens is 2. The molecule has 0 spiro atoms. The van der Waals surface area contributed by atoms with Crippen LogP contribution in [-0.2, 0) is 9.84 Å². The molecule has 0 N–H and O–H groups in total. The summed E-state index contributed by atoms with van der Waals surface area (Å²) < 4.78 is 53.6. The predicted octanol–water partition coefficient (Wildman–Crippen LogP) is 2.60. The smallest absolute Gasteiger partial charge is 0.248 e. The zero-order valence-electron chi connectivity index (χ0n) is 9.97. The summed E-state index contributed by atoms with van der Waals surface area (Å²) >= 11 is 5.73. The van der Waals surface area contributed by atoms with Crippen LogP contribution in [0.4, 0.5) is 8.78 Å². The highest BCUT2D eigenvalue weighted by atomic mass is 35.5. The Hall–Kier alpha value is -1.80. The molecule has 0 aliphatic heterocycles. The maximum absolute atomic E-state index is 13.4. The Bertz CT molecular complexity index is 768. The van der Waals surface area contributed by atoms with Crippen molar-refractivity contribution in [3.8, 4) is 11.5 Å². The minimum absolute atomic E-state index is 0.149. The molecule has 0 atom stereocenters. The van der Waals surface area contributed by atoms with Gasteiger partial charge in [-0.2, -0.15) is 0 Å². The Morgan fingerprint density at radius 3 is 2.50 bits per heavy atom. The molecule has 1 aromatic heterocycles. The SMILES string of the molecule is CS(=O)(=O)c1ncc(Oc2ccc(F)cc2F)c(Cl)n1. The highest BCUT2D eigenvalue weighted by Crippen LogP contribution is 2.29. The topological polar surface area (TPSA) is 69.2 Å². The minimum atomic E-state index is -3.61. The van der Waals surface area contributed by atoms with Gasteiger partial charge in [0.25, 0.3) is 0 Å². The number of hydrogen-bond donors (Lipinski definition) is 0. The van der Waals surface area contributed by atoms with Crippen molar-refractivity contribution < 1.29 is 21.9 Å². The number of sulfone groups is 1. The van der Waals surface area contributed by atoms with E-state index in [2.05, 4.69) is 9.97 Å². The number of nitrogens with zero attached hydrogens (tertiary/aromatic N) is 2. The van der Waals surface area contributed by atoms with Crippen LogP contribution in [0.5, 0.6) is 11.5 Å². The van der Waals surface area contributed by atoms with E-state index in [1.54, 1.807) is 0 Å². The summed E-state index contributed by atoms with van der Waals surface area (Å²) in [5.41, 5.74) is 0. The lowest BCUT2D eigenvalue weighted by molar-refractivity contribution is 0.433. The van der Waals surface area contributed by atoms with Crippen LogP contribution in [0.25, 0.3) is 0 Å². The normalized spacial score (nSPS) is 11.4. The second kappa shape index (κ2) is 5.29. The average molecular weight is 321 g/mol. The fourth-order valence-corrected chi connectivity index (χ4v) is 1.98. The molecule has 0 radical (unpaired) electrons. The van der Waals surface area contributed by atoms with E-state index in [4.69, 9.17) is 16.3 Å². The standard InChI is InChI=1S/C11H7ClF2N2O3S/c1-20(17,18)11-15-5-9(10(12)16-11)19-8-3-2-6(13)4-7(8)14/h2-5H,1H3.